The lowest BCUT2D eigenvalue weighted by atomic mass is 10.1. The minimum absolute atomic E-state index is 0.146. The fraction of sp³-hybridized carbons (Fsp3) is 0.368. The van der Waals surface area contributed by atoms with E-state index in [2.05, 4.69) is 6.92 Å². The van der Waals surface area contributed by atoms with Gasteiger partial charge in [0.2, 0.25) is 0 Å². The summed E-state index contributed by atoms with van der Waals surface area (Å²) >= 11 is 0. The highest BCUT2D eigenvalue weighted by atomic mass is 32.2. The number of unbranched alkanes of at least 4 members (excludes halogenated alkanes) is 4. The average molecular weight is 364 g/mol. The number of hydrogen-bond donors (Lipinski definition) is 2. The van der Waals surface area contributed by atoms with E-state index in [1.54, 1.807) is 6.07 Å². The standard InChI is InChI=1S/C19H24O5S/c1-2-3-4-5-6-8-15-9-7-10-17(11-15)24-18-12-16(20)13-19(14-18)25(21,22)23/h7,9-14,20H,2-6,8H2,1H3,(H,21,22,23). The van der Waals surface area contributed by atoms with E-state index in [-0.39, 0.29) is 11.5 Å². The number of phenolic OH excluding ortho intramolecular Hbond substituents is 1. The van der Waals surface area contributed by atoms with Gasteiger partial charge in [0.15, 0.2) is 0 Å². The first-order valence-electron chi connectivity index (χ1n) is 8.47. The van der Waals surface area contributed by atoms with Gasteiger partial charge >= 0.3 is 0 Å². The maximum Gasteiger partial charge on any atom is 0.294 e. The topological polar surface area (TPSA) is 83.8 Å². The van der Waals surface area contributed by atoms with Crippen molar-refractivity contribution < 1.29 is 22.8 Å². The summed E-state index contributed by atoms with van der Waals surface area (Å²) in [6.07, 6.45) is 6.99. The highest BCUT2D eigenvalue weighted by Crippen LogP contribution is 2.29. The maximum absolute atomic E-state index is 11.2. The molecule has 2 rings (SSSR count). The van der Waals surface area contributed by atoms with Crippen molar-refractivity contribution in [2.45, 2.75) is 50.3 Å². The molecule has 5 nitrogen and oxygen atoms in total. The van der Waals surface area contributed by atoms with Crippen molar-refractivity contribution in [2.24, 2.45) is 0 Å². The molecule has 0 fully saturated rings. The van der Waals surface area contributed by atoms with Crippen molar-refractivity contribution in [3.05, 3.63) is 48.0 Å². The number of phenols is 1. The monoisotopic (exact) mass is 364 g/mol. The van der Waals surface area contributed by atoms with Crippen LogP contribution in [0.5, 0.6) is 17.2 Å². The van der Waals surface area contributed by atoms with Gasteiger partial charge in [0, 0.05) is 18.2 Å². The number of rotatable bonds is 9. The predicted octanol–water partition coefficient (Wildman–Crippen LogP) is 4.94. The summed E-state index contributed by atoms with van der Waals surface area (Å²) in [6, 6.07) is 11.0. The molecule has 0 aromatic heterocycles. The van der Waals surface area contributed by atoms with Crippen molar-refractivity contribution in [3.63, 3.8) is 0 Å². The van der Waals surface area contributed by atoms with Crippen LogP contribution in [0.1, 0.15) is 44.6 Å². The first-order chi connectivity index (χ1) is 11.9. The summed E-state index contributed by atoms with van der Waals surface area (Å²) in [6.45, 7) is 2.19. The molecule has 0 heterocycles. The second-order valence-corrected chi connectivity index (χ2v) is 7.47. The molecule has 0 saturated carbocycles. The average Bonchev–Trinajstić information content (AvgIpc) is 2.54. The molecule has 0 amide bonds. The van der Waals surface area contributed by atoms with E-state index in [4.69, 9.17) is 9.29 Å². The summed E-state index contributed by atoms with van der Waals surface area (Å²) < 4.78 is 37.2. The molecule has 0 saturated heterocycles. The normalized spacial score (nSPS) is 11.4. The molecule has 0 atom stereocenters. The van der Waals surface area contributed by atoms with Crippen LogP contribution < -0.4 is 4.74 Å². The van der Waals surface area contributed by atoms with E-state index in [1.165, 1.54) is 37.8 Å². The van der Waals surface area contributed by atoms with Gasteiger partial charge < -0.3 is 9.84 Å². The summed E-state index contributed by atoms with van der Waals surface area (Å²) in [5, 5.41) is 9.62. The van der Waals surface area contributed by atoms with Gasteiger partial charge in [-0.25, -0.2) is 0 Å². The molecule has 2 aromatic carbocycles. The second kappa shape index (κ2) is 8.87. The van der Waals surface area contributed by atoms with Crippen molar-refractivity contribution in [1.29, 1.82) is 0 Å². The van der Waals surface area contributed by atoms with Gasteiger partial charge in [-0.3, -0.25) is 4.55 Å². The van der Waals surface area contributed by atoms with Crippen LogP contribution >= 0.6 is 0 Å². The van der Waals surface area contributed by atoms with Crippen LogP contribution in [0.2, 0.25) is 0 Å². The van der Waals surface area contributed by atoms with Crippen LogP contribution in [0.25, 0.3) is 0 Å². The third kappa shape index (κ3) is 6.40. The summed E-state index contributed by atoms with van der Waals surface area (Å²) in [5.74, 6) is 0.405. The molecule has 2 N–H and O–H groups in total. The number of benzene rings is 2. The summed E-state index contributed by atoms with van der Waals surface area (Å²) in [7, 11) is -4.41. The smallest absolute Gasteiger partial charge is 0.294 e. The van der Waals surface area contributed by atoms with Crippen LogP contribution in [0.4, 0.5) is 0 Å². The Balaban J connectivity index is 2.06. The number of hydrogen-bond acceptors (Lipinski definition) is 4. The van der Waals surface area contributed by atoms with E-state index in [0.29, 0.717) is 5.75 Å². The Kier molecular flexibility index (Phi) is 6.84. The molecule has 25 heavy (non-hydrogen) atoms. The Bertz CT molecular complexity index is 799. The summed E-state index contributed by atoms with van der Waals surface area (Å²) in [4.78, 5) is -0.408. The molecule has 0 unspecified atom stereocenters. The Morgan fingerprint density at radius 1 is 0.960 bits per heavy atom. The molecule has 6 heteroatoms. The molecule has 2 aromatic rings. The maximum atomic E-state index is 11.2. The van der Waals surface area contributed by atoms with E-state index in [9.17, 15) is 13.5 Å². The zero-order valence-corrected chi connectivity index (χ0v) is 15.1. The SMILES string of the molecule is CCCCCCCc1cccc(Oc2cc(O)cc(S(=O)(=O)O)c2)c1. The Morgan fingerprint density at radius 2 is 1.72 bits per heavy atom. The van der Waals surface area contributed by atoms with Crippen molar-refractivity contribution in [1.82, 2.24) is 0 Å². The predicted molar refractivity (Wildman–Crippen MR) is 96.9 cm³/mol. The fourth-order valence-electron chi connectivity index (χ4n) is 2.60. The molecule has 0 aliphatic heterocycles. The number of ether oxygens (including phenoxy) is 1. The molecule has 0 spiro atoms. The van der Waals surface area contributed by atoms with Crippen LogP contribution in [0, 0.1) is 0 Å². The zero-order valence-electron chi connectivity index (χ0n) is 14.3. The van der Waals surface area contributed by atoms with Gasteiger partial charge in [0.25, 0.3) is 10.1 Å². The fourth-order valence-corrected chi connectivity index (χ4v) is 3.13. The third-order valence-electron chi connectivity index (χ3n) is 3.87. The molecule has 0 radical (unpaired) electrons. The van der Waals surface area contributed by atoms with Gasteiger partial charge in [-0.15, -0.1) is 0 Å². The summed E-state index contributed by atoms with van der Waals surface area (Å²) in [5.41, 5.74) is 1.14. The van der Waals surface area contributed by atoms with Crippen molar-refractivity contribution >= 4 is 10.1 Å². The van der Waals surface area contributed by atoms with E-state index >= 15 is 0 Å². The van der Waals surface area contributed by atoms with Crippen LogP contribution in [-0.2, 0) is 16.5 Å². The van der Waals surface area contributed by atoms with E-state index in [0.717, 1.165) is 24.5 Å². The van der Waals surface area contributed by atoms with E-state index < -0.39 is 15.0 Å². The van der Waals surface area contributed by atoms with Crippen LogP contribution in [0.15, 0.2) is 47.4 Å². The minimum atomic E-state index is -4.41. The van der Waals surface area contributed by atoms with Gasteiger partial charge in [-0.1, -0.05) is 44.7 Å². The van der Waals surface area contributed by atoms with E-state index in [1.807, 2.05) is 18.2 Å². The highest BCUT2D eigenvalue weighted by molar-refractivity contribution is 7.85. The Labute approximate surface area is 149 Å². The van der Waals surface area contributed by atoms with Gasteiger partial charge in [0.1, 0.15) is 22.1 Å². The molecule has 0 aliphatic rings. The Morgan fingerprint density at radius 3 is 2.44 bits per heavy atom. The van der Waals surface area contributed by atoms with Gasteiger partial charge in [-0.2, -0.15) is 8.42 Å². The van der Waals surface area contributed by atoms with Crippen LogP contribution in [0.3, 0.4) is 0 Å². The molecular weight excluding hydrogens is 340 g/mol. The zero-order chi connectivity index (χ0) is 18.3. The minimum Gasteiger partial charge on any atom is -0.508 e. The van der Waals surface area contributed by atoms with Crippen molar-refractivity contribution in [3.8, 4) is 17.2 Å². The Hall–Kier alpha value is -2.05. The lowest BCUT2D eigenvalue weighted by Crippen LogP contribution is -1.98. The lowest BCUT2D eigenvalue weighted by Gasteiger charge is -2.09. The first-order valence-corrected chi connectivity index (χ1v) is 9.91. The molecule has 0 bridgehead atoms. The number of aromatic hydroxyl groups is 1. The molecular formula is C19H24O5S. The molecule has 0 aliphatic carbocycles. The lowest BCUT2D eigenvalue weighted by molar-refractivity contribution is 0.446. The quantitative estimate of drug-likeness (QED) is 0.486. The van der Waals surface area contributed by atoms with Gasteiger partial charge in [-0.05, 0) is 30.5 Å². The van der Waals surface area contributed by atoms with Crippen molar-refractivity contribution in [2.75, 3.05) is 0 Å². The first kappa shape index (κ1) is 19.3. The van der Waals surface area contributed by atoms with Crippen LogP contribution in [-0.4, -0.2) is 18.1 Å². The van der Waals surface area contributed by atoms with Gasteiger partial charge in [0.05, 0.1) is 0 Å². The second-order valence-electron chi connectivity index (χ2n) is 6.05. The third-order valence-corrected chi connectivity index (χ3v) is 4.70. The highest BCUT2D eigenvalue weighted by Gasteiger charge is 2.13. The largest absolute Gasteiger partial charge is 0.508 e. The molecule has 136 valence electrons. The number of aryl methyl sites for hydroxylation is 1.